The average molecular weight is 233 g/mol. The van der Waals surface area contributed by atoms with Crippen LogP contribution in [0.1, 0.15) is 12.8 Å². The number of hydrogen-bond acceptors (Lipinski definition) is 4. The molecule has 2 saturated heterocycles. The van der Waals surface area contributed by atoms with Crippen LogP contribution in [0.3, 0.4) is 0 Å². The minimum absolute atomic E-state index is 0.301. The van der Waals surface area contributed by atoms with Gasteiger partial charge in [0.25, 0.3) is 0 Å². The van der Waals surface area contributed by atoms with Crippen LogP contribution in [0.25, 0.3) is 0 Å². The van der Waals surface area contributed by atoms with Crippen molar-refractivity contribution in [3.05, 3.63) is 24.5 Å². The SMILES string of the molecule is c1cc(N2CCC(C3NCCO3)CC2)ccn1. The molecule has 1 atom stereocenters. The fraction of sp³-hybridized carbons (Fsp3) is 0.615. The second-order valence-corrected chi connectivity index (χ2v) is 4.78. The van der Waals surface area contributed by atoms with E-state index in [0.717, 1.165) is 26.2 Å². The standard InChI is InChI=1S/C13H19N3O/c1-5-14-6-2-12(1)16-8-3-11(4-9-16)13-15-7-10-17-13/h1-2,5-6,11,13,15H,3-4,7-10H2. The molecule has 0 saturated carbocycles. The zero-order valence-electron chi connectivity index (χ0n) is 10.0. The van der Waals surface area contributed by atoms with Crippen LogP contribution in [0.15, 0.2) is 24.5 Å². The Morgan fingerprint density at radius 3 is 2.65 bits per heavy atom. The summed E-state index contributed by atoms with van der Waals surface area (Å²) in [6.45, 7) is 4.12. The first kappa shape index (κ1) is 11.0. The molecular formula is C13H19N3O. The minimum atomic E-state index is 0.301. The van der Waals surface area contributed by atoms with Gasteiger partial charge in [0, 0.05) is 43.6 Å². The lowest BCUT2D eigenvalue weighted by Gasteiger charge is -2.35. The Morgan fingerprint density at radius 2 is 2.00 bits per heavy atom. The van der Waals surface area contributed by atoms with Gasteiger partial charge in [0.15, 0.2) is 0 Å². The lowest BCUT2D eigenvalue weighted by atomic mass is 9.95. The molecule has 0 aromatic carbocycles. The van der Waals surface area contributed by atoms with E-state index >= 15 is 0 Å². The molecule has 17 heavy (non-hydrogen) atoms. The first-order valence-corrected chi connectivity index (χ1v) is 6.43. The van der Waals surface area contributed by atoms with Gasteiger partial charge < -0.3 is 9.64 Å². The average Bonchev–Trinajstić information content (AvgIpc) is 2.94. The maximum absolute atomic E-state index is 5.69. The fourth-order valence-electron chi connectivity index (χ4n) is 2.76. The van der Waals surface area contributed by atoms with Crippen LogP contribution < -0.4 is 10.2 Å². The van der Waals surface area contributed by atoms with Crippen molar-refractivity contribution in [2.75, 3.05) is 31.1 Å². The largest absolute Gasteiger partial charge is 0.371 e. The van der Waals surface area contributed by atoms with Gasteiger partial charge in [0.05, 0.1) is 6.61 Å². The van der Waals surface area contributed by atoms with Crippen LogP contribution in [0, 0.1) is 5.92 Å². The van der Waals surface area contributed by atoms with Crippen LogP contribution in [0.4, 0.5) is 5.69 Å². The van der Waals surface area contributed by atoms with Crippen molar-refractivity contribution in [1.82, 2.24) is 10.3 Å². The predicted molar refractivity (Wildman–Crippen MR) is 66.9 cm³/mol. The molecule has 3 rings (SSSR count). The molecule has 2 aliphatic rings. The second kappa shape index (κ2) is 5.02. The van der Waals surface area contributed by atoms with Crippen molar-refractivity contribution in [1.29, 1.82) is 0 Å². The van der Waals surface area contributed by atoms with Crippen molar-refractivity contribution in [2.45, 2.75) is 19.1 Å². The molecule has 0 amide bonds. The topological polar surface area (TPSA) is 37.4 Å². The highest BCUT2D eigenvalue weighted by Crippen LogP contribution is 2.26. The van der Waals surface area contributed by atoms with Gasteiger partial charge in [-0.1, -0.05) is 0 Å². The molecule has 2 aliphatic heterocycles. The number of rotatable bonds is 2. The molecule has 1 aromatic heterocycles. The molecule has 0 spiro atoms. The van der Waals surface area contributed by atoms with E-state index in [1.165, 1.54) is 18.5 Å². The molecule has 1 unspecified atom stereocenters. The van der Waals surface area contributed by atoms with E-state index in [1.807, 2.05) is 12.4 Å². The normalized spacial score (nSPS) is 26.4. The maximum Gasteiger partial charge on any atom is 0.111 e. The van der Waals surface area contributed by atoms with Gasteiger partial charge >= 0.3 is 0 Å². The van der Waals surface area contributed by atoms with E-state index < -0.39 is 0 Å². The summed E-state index contributed by atoms with van der Waals surface area (Å²) in [6.07, 6.45) is 6.45. The number of ether oxygens (including phenoxy) is 1. The number of aromatic nitrogens is 1. The van der Waals surface area contributed by atoms with E-state index in [0.29, 0.717) is 12.1 Å². The predicted octanol–water partition coefficient (Wildman–Crippen LogP) is 1.24. The van der Waals surface area contributed by atoms with Crippen molar-refractivity contribution in [3.8, 4) is 0 Å². The van der Waals surface area contributed by atoms with Gasteiger partial charge in [0.1, 0.15) is 6.23 Å². The third kappa shape index (κ3) is 2.42. The Bertz CT molecular complexity index is 343. The fourth-order valence-corrected chi connectivity index (χ4v) is 2.76. The Morgan fingerprint density at radius 1 is 1.24 bits per heavy atom. The van der Waals surface area contributed by atoms with Crippen molar-refractivity contribution in [2.24, 2.45) is 5.92 Å². The first-order chi connectivity index (χ1) is 8.43. The highest BCUT2D eigenvalue weighted by Gasteiger charge is 2.29. The summed E-state index contributed by atoms with van der Waals surface area (Å²) >= 11 is 0. The highest BCUT2D eigenvalue weighted by molar-refractivity contribution is 5.44. The van der Waals surface area contributed by atoms with Gasteiger partial charge in [0.2, 0.25) is 0 Å². The van der Waals surface area contributed by atoms with E-state index in [9.17, 15) is 0 Å². The summed E-state index contributed by atoms with van der Waals surface area (Å²) in [5, 5.41) is 3.43. The monoisotopic (exact) mass is 233 g/mol. The number of nitrogens with zero attached hydrogens (tertiary/aromatic N) is 2. The molecule has 3 heterocycles. The second-order valence-electron chi connectivity index (χ2n) is 4.78. The Balaban J connectivity index is 1.57. The van der Waals surface area contributed by atoms with Crippen LogP contribution in [-0.2, 0) is 4.74 Å². The summed E-state index contributed by atoms with van der Waals surface area (Å²) in [5.41, 5.74) is 1.29. The van der Waals surface area contributed by atoms with Crippen molar-refractivity contribution >= 4 is 5.69 Å². The summed E-state index contributed by atoms with van der Waals surface area (Å²) in [6, 6.07) is 4.18. The molecule has 0 aliphatic carbocycles. The van der Waals surface area contributed by atoms with Crippen molar-refractivity contribution in [3.63, 3.8) is 0 Å². The van der Waals surface area contributed by atoms with Gasteiger partial charge in [-0.3, -0.25) is 10.3 Å². The molecule has 1 N–H and O–H groups in total. The summed E-state index contributed by atoms with van der Waals surface area (Å²) in [5.74, 6) is 0.676. The van der Waals surface area contributed by atoms with Crippen LogP contribution >= 0.6 is 0 Å². The quantitative estimate of drug-likeness (QED) is 0.834. The molecule has 92 valence electrons. The van der Waals surface area contributed by atoms with Crippen LogP contribution in [-0.4, -0.2) is 37.5 Å². The lowest BCUT2D eigenvalue weighted by molar-refractivity contribution is 0.0422. The molecule has 1 aromatic rings. The van der Waals surface area contributed by atoms with E-state index in [4.69, 9.17) is 4.74 Å². The number of hydrogen-bond donors (Lipinski definition) is 1. The molecule has 0 bridgehead atoms. The third-order valence-corrected chi connectivity index (χ3v) is 3.74. The zero-order valence-corrected chi connectivity index (χ0v) is 10.0. The minimum Gasteiger partial charge on any atom is -0.371 e. The number of nitrogens with one attached hydrogen (secondary N) is 1. The van der Waals surface area contributed by atoms with Crippen LogP contribution in [0.5, 0.6) is 0 Å². The highest BCUT2D eigenvalue weighted by atomic mass is 16.5. The van der Waals surface area contributed by atoms with Crippen LogP contribution in [0.2, 0.25) is 0 Å². The van der Waals surface area contributed by atoms with Gasteiger partial charge in [-0.2, -0.15) is 0 Å². The van der Waals surface area contributed by atoms with E-state index in [2.05, 4.69) is 27.3 Å². The Kier molecular flexibility index (Phi) is 3.25. The maximum atomic E-state index is 5.69. The zero-order chi connectivity index (χ0) is 11.5. The molecule has 0 radical (unpaired) electrons. The molecule has 4 nitrogen and oxygen atoms in total. The number of anilines is 1. The van der Waals surface area contributed by atoms with E-state index in [1.54, 1.807) is 0 Å². The molecular weight excluding hydrogens is 214 g/mol. The molecule has 4 heteroatoms. The Labute approximate surface area is 102 Å². The number of piperidine rings is 1. The summed E-state index contributed by atoms with van der Waals surface area (Å²) < 4.78 is 5.69. The van der Waals surface area contributed by atoms with E-state index in [-0.39, 0.29) is 0 Å². The number of pyridine rings is 1. The third-order valence-electron chi connectivity index (χ3n) is 3.74. The lowest BCUT2D eigenvalue weighted by Crippen LogP contribution is -2.41. The first-order valence-electron chi connectivity index (χ1n) is 6.43. The van der Waals surface area contributed by atoms with Gasteiger partial charge in [-0.15, -0.1) is 0 Å². The summed E-state index contributed by atoms with van der Waals surface area (Å²) in [7, 11) is 0. The van der Waals surface area contributed by atoms with Gasteiger partial charge in [-0.05, 0) is 25.0 Å². The molecule has 2 fully saturated rings. The van der Waals surface area contributed by atoms with Gasteiger partial charge in [-0.25, -0.2) is 0 Å². The summed E-state index contributed by atoms with van der Waals surface area (Å²) in [4.78, 5) is 6.50. The smallest absolute Gasteiger partial charge is 0.111 e. The van der Waals surface area contributed by atoms with Crippen molar-refractivity contribution < 1.29 is 4.74 Å². The Hall–Kier alpha value is -1.13.